The number of rotatable bonds is 6. The van der Waals surface area contributed by atoms with Crippen molar-refractivity contribution >= 4 is 0 Å². The SMILES string of the molecule is Cc1cccc(CN(Cc2cccc(C)n2)Cc2cc(C(C)(C)C)cc(C(C)(C)C)c2[O-])n1.[O-][Cl+3]([O-])([O-])[O-].[OH3+].[Zn+2]. The van der Waals surface area contributed by atoms with Gasteiger partial charge in [-0.05, 0) is 65.6 Å². The molecule has 0 saturated heterocycles. The third-order valence-electron chi connectivity index (χ3n) is 5.90. The van der Waals surface area contributed by atoms with Crippen molar-refractivity contribution in [2.75, 3.05) is 0 Å². The maximum absolute atomic E-state index is 13.6. The van der Waals surface area contributed by atoms with Crippen LogP contribution in [0.25, 0.3) is 0 Å². The minimum absolute atomic E-state index is 0. The fraction of sp³-hybridized carbons (Fsp3) is 0.448. The second kappa shape index (κ2) is 15.3. The van der Waals surface area contributed by atoms with Crippen molar-refractivity contribution in [3.63, 3.8) is 0 Å². The van der Waals surface area contributed by atoms with Gasteiger partial charge in [0.15, 0.2) is 0 Å². The number of aromatic nitrogens is 2. The number of nitrogens with zero attached hydrogens (tertiary/aromatic N) is 3. The van der Waals surface area contributed by atoms with E-state index in [1.165, 1.54) is 5.56 Å². The third-order valence-corrected chi connectivity index (χ3v) is 5.90. The van der Waals surface area contributed by atoms with E-state index in [9.17, 15) is 5.11 Å². The first kappa shape index (κ1) is 38.0. The van der Waals surface area contributed by atoms with E-state index in [2.05, 4.69) is 58.6 Å². The molecule has 3 N–H and O–H groups in total. The van der Waals surface area contributed by atoms with Crippen LogP contribution in [-0.2, 0) is 55.4 Å². The van der Waals surface area contributed by atoms with Crippen molar-refractivity contribution in [3.8, 4) is 5.75 Å². The predicted octanol–water partition coefficient (Wildman–Crippen LogP) is 0.284. The van der Waals surface area contributed by atoms with E-state index in [1.54, 1.807) is 0 Å². The van der Waals surface area contributed by atoms with Crippen molar-refractivity contribution in [3.05, 3.63) is 88.0 Å². The summed E-state index contributed by atoms with van der Waals surface area (Å²) in [5.74, 6) is 0.148. The molecular weight excluding hydrogens is 587 g/mol. The van der Waals surface area contributed by atoms with Gasteiger partial charge in [0.25, 0.3) is 0 Å². The maximum Gasteiger partial charge on any atom is 2.00 e. The van der Waals surface area contributed by atoms with Crippen LogP contribution in [-0.4, -0.2) is 14.9 Å². The van der Waals surface area contributed by atoms with E-state index in [-0.39, 0.29) is 41.5 Å². The predicted molar refractivity (Wildman–Crippen MR) is 139 cm³/mol. The monoisotopic (exact) mass is 626 g/mol. The summed E-state index contributed by atoms with van der Waals surface area (Å²) in [5, 5.41) is 13.6. The molecule has 11 heteroatoms. The largest absolute Gasteiger partial charge is 2.00 e. The van der Waals surface area contributed by atoms with Gasteiger partial charge >= 0.3 is 19.5 Å². The quantitative estimate of drug-likeness (QED) is 0.276. The standard InChI is InChI=1S/C29H39N3O.ClHO4.H2O.Zn/c1-20-11-9-13-24(30-20)18-32(19-25-14-10-12-21(2)31-25)17-22-15-23(28(3,4)5)16-26(27(22)33)29(6,7)8;2-1(3,4)5;;/h9-16,33H,17-19H2,1-8H3;(H,2,3,4,5);1H2;/q;;;+2/p-1. The molecule has 0 bridgehead atoms. The fourth-order valence-corrected chi connectivity index (χ4v) is 4.04. The Labute approximate surface area is 252 Å². The smallest absolute Gasteiger partial charge is 0.872 e. The van der Waals surface area contributed by atoms with Crippen LogP contribution in [0.1, 0.15) is 81.0 Å². The molecule has 3 rings (SSSR count). The van der Waals surface area contributed by atoms with Crippen molar-refractivity contribution in [2.24, 2.45) is 0 Å². The first-order chi connectivity index (χ1) is 17.3. The zero-order valence-corrected chi connectivity index (χ0v) is 28.5. The Hall–Kier alpha value is -2.01. The van der Waals surface area contributed by atoms with Crippen molar-refractivity contribution in [1.29, 1.82) is 0 Å². The molecule has 216 valence electrons. The van der Waals surface area contributed by atoms with Gasteiger partial charge in [0.05, 0.1) is 11.4 Å². The van der Waals surface area contributed by atoms with Gasteiger partial charge < -0.3 is 10.6 Å². The van der Waals surface area contributed by atoms with Crippen molar-refractivity contribution in [2.45, 2.75) is 85.9 Å². The second-order valence-corrected chi connectivity index (χ2v) is 12.3. The zero-order valence-electron chi connectivity index (χ0n) is 24.8. The topological polar surface area (TPSA) is 177 Å². The molecule has 2 heterocycles. The Morgan fingerprint density at radius 2 is 1.15 bits per heavy atom. The third kappa shape index (κ3) is 13.1. The van der Waals surface area contributed by atoms with Crippen LogP contribution in [0.2, 0.25) is 0 Å². The summed E-state index contributed by atoms with van der Waals surface area (Å²) in [6.45, 7) is 18.8. The molecule has 0 aliphatic carbocycles. The van der Waals surface area contributed by atoms with Crippen LogP contribution in [0, 0.1) is 24.1 Å². The first-order valence-electron chi connectivity index (χ1n) is 12.4. The molecule has 0 aliphatic rings. The molecule has 40 heavy (non-hydrogen) atoms. The van der Waals surface area contributed by atoms with Crippen LogP contribution in [0.3, 0.4) is 0 Å². The Kier molecular flexibility index (Phi) is 14.5. The average molecular weight is 629 g/mol. The molecule has 3 aromatic rings. The first-order valence-corrected chi connectivity index (χ1v) is 13.6. The molecular formula is C29H41ClN3O6Zn+. The van der Waals surface area contributed by atoms with Crippen molar-refractivity contribution in [1.82, 2.24) is 14.9 Å². The molecule has 0 saturated carbocycles. The van der Waals surface area contributed by atoms with Crippen molar-refractivity contribution < 1.29 is 58.9 Å². The summed E-state index contributed by atoms with van der Waals surface area (Å²) in [5.41, 5.74) is 6.66. The molecule has 0 spiro atoms. The van der Waals surface area contributed by atoms with Gasteiger partial charge in [-0.2, -0.15) is 0 Å². The number of halogens is 1. The molecule has 0 atom stereocenters. The van der Waals surface area contributed by atoms with Crippen LogP contribution in [0.4, 0.5) is 0 Å². The molecule has 0 aliphatic heterocycles. The molecule has 0 amide bonds. The van der Waals surface area contributed by atoms with Gasteiger partial charge in [0.1, 0.15) is 0 Å². The van der Waals surface area contributed by atoms with Gasteiger partial charge in [0.2, 0.25) is 0 Å². The van der Waals surface area contributed by atoms with E-state index in [0.717, 1.165) is 33.9 Å². The summed E-state index contributed by atoms with van der Waals surface area (Å²) in [7, 11) is -4.94. The molecule has 1 aromatic carbocycles. The summed E-state index contributed by atoms with van der Waals surface area (Å²) < 4.78 is 34.0. The number of aryl methyl sites for hydroxylation is 2. The van der Waals surface area contributed by atoms with E-state index < -0.39 is 10.2 Å². The Morgan fingerprint density at radius 3 is 1.50 bits per heavy atom. The average Bonchev–Trinajstić information content (AvgIpc) is 2.72. The van der Waals surface area contributed by atoms with E-state index in [1.807, 2.05) is 50.2 Å². The second-order valence-electron chi connectivity index (χ2n) is 11.6. The number of hydrogen-bond acceptors (Lipinski definition) is 8. The molecule has 0 fully saturated rings. The molecule has 9 nitrogen and oxygen atoms in total. The van der Waals surface area contributed by atoms with E-state index in [4.69, 9.17) is 28.6 Å². The summed E-state index contributed by atoms with van der Waals surface area (Å²) in [4.78, 5) is 11.7. The Balaban J connectivity index is 0.00000199. The summed E-state index contributed by atoms with van der Waals surface area (Å²) in [6.07, 6.45) is 0. The van der Waals surface area contributed by atoms with Crippen LogP contribution in [0.5, 0.6) is 5.75 Å². The number of hydrogen-bond donors (Lipinski definition) is 0. The molecule has 0 unspecified atom stereocenters. The van der Waals surface area contributed by atoms with Gasteiger partial charge in [-0.3, -0.25) is 14.9 Å². The number of benzene rings is 1. The molecule has 0 radical (unpaired) electrons. The maximum atomic E-state index is 13.6. The minimum Gasteiger partial charge on any atom is -0.872 e. The fourth-order valence-electron chi connectivity index (χ4n) is 4.04. The van der Waals surface area contributed by atoms with Crippen LogP contribution >= 0.6 is 0 Å². The summed E-state index contributed by atoms with van der Waals surface area (Å²) in [6, 6.07) is 16.4. The van der Waals surface area contributed by atoms with E-state index >= 15 is 0 Å². The van der Waals surface area contributed by atoms with Crippen LogP contribution < -0.4 is 23.7 Å². The normalized spacial score (nSPS) is 11.7. The number of pyridine rings is 2. The van der Waals surface area contributed by atoms with Crippen LogP contribution in [0.15, 0.2) is 48.5 Å². The minimum atomic E-state index is -4.94. The Morgan fingerprint density at radius 1 is 0.725 bits per heavy atom. The zero-order chi connectivity index (χ0) is 28.9. The Bertz CT molecular complexity index is 1170. The van der Waals surface area contributed by atoms with Gasteiger partial charge in [-0.25, -0.2) is 18.6 Å². The van der Waals surface area contributed by atoms with Gasteiger partial charge in [-0.1, -0.05) is 65.8 Å². The van der Waals surface area contributed by atoms with Gasteiger partial charge in [0, 0.05) is 31.0 Å². The summed E-state index contributed by atoms with van der Waals surface area (Å²) >= 11 is 0. The molecule has 2 aromatic heterocycles. The van der Waals surface area contributed by atoms with Gasteiger partial charge in [-0.15, -0.1) is 16.0 Å². The van der Waals surface area contributed by atoms with E-state index in [0.29, 0.717) is 19.6 Å².